The summed E-state index contributed by atoms with van der Waals surface area (Å²) in [7, 11) is 0. The van der Waals surface area contributed by atoms with E-state index in [1.54, 1.807) is 6.92 Å². The summed E-state index contributed by atoms with van der Waals surface area (Å²) in [6, 6.07) is 0. The number of fused-ring (bicyclic) bond motifs is 5. The van der Waals surface area contributed by atoms with Gasteiger partial charge < -0.3 is 4.74 Å². The molecule has 0 aromatic carbocycles. The van der Waals surface area contributed by atoms with Crippen LogP contribution >= 0.6 is 0 Å². The third kappa shape index (κ3) is 2.81. The van der Waals surface area contributed by atoms with Crippen molar-refractivity contribution < 1.29 is 19.1 Å². The summed E-state index contributed by atoms with van der Waals surface area (Å²) in [5.41, 5.74) is 0.0212. The molecule has 27 heavy (non-hydrogen) atoms. The molecule has 0 saturated heterocycles. The van der Waals surface area contributed by atoms with Gasteiger partial charge in [0.2, 0.25) is 0 Å². The second-order valence-corrected chi connectivity index (χ2v) is 10.4. The number of rotatable bonds is 2. The highest BCUT2D eigenvalue weighted by molar-refractivity contribution is 5.80. The first-order chi connectivity index (χ1) is 12.7. The van der Waals surface area contributed by atoms with E-state index < -0.39 is 0 Å². The quantitative estimate of drug-likeness (QED) is 0.675. The van der Waals surface area contributed by atoms with Gasteiger partial charge in [-0.15, -0.1) is 0 Å². The number of hydrogen-bond donors (Lipinski definition) is 0. The summed E-state index contributed by atoms with van der Waals surface area (Å²) in [5, 5.41) is 0. The topological polar surface area (TPSA) is 60.4 Å². The maximum atomic E-state index is 12.4. The first-order valence-electron chi connectivity index (χ1n) is 10.9. The van der Waals surface area contributed by atoms with Gasteiger partial charge in [-0.3, -0.25) is 14.4 Å². The van der Waals surface area contributed by atoms with Crippen molar-refractivity contribution >= 4 is 17.5 Å². The zero-order valence-electron chi connectivity index (χ0n) is 17.3. The van der Waals surface area contributed by atoms with Crippen molar-refractivity contribution in [3.05, 3.63) is 0 Å². The Morgan fingerprint density at radius 2 is 1.78 bits per heavy atom. The van der Waals surface area contributed by atoms with Crippen LogP contribution in [-0.4, -0.2) is 23.6 Å². The van der Waals surface area contributed by atoms with E-state index >= 15 is 0 Å². The fraction of sp³-hybridized carbons (Fsp3) is 0.870. The van der Waals surface area contributed by atoms with Gasteiger partial charge in [-0.25, -0.2) is 0 Å². The first-order valence-corrected chi connectivity index (χ1v) is 10.9. The smallest absolute Gasteiger partial charge is 0.302 e. The van der Waals surface area contributed by atoms with Crippen LogP contribution < -0.4 is 0 Å². The monoisotopic (exact) mass is 374 g/mol. The predicted octanol–water partition coefficient (Wildman–Crippen LogP) is 4.35. The molecule has 0 aromatic heterocycles. The summed E-state index contributed by atoms with van der Waals surface area (Å²) in [6.45, 7) is 7.88. The Hall–Kier alpha value is -1.19. The summed E-state index contributed by atoms with van der Waals surface area (Å²) in [5.74, 6) is 2.38. The van der Waals surface area contributed by atoms with E-state index in [0.29, 0.717) is 48.1 Å². The summed E-state index contributed by atoms with van der Waals surface area (Å²) >= 11 is 0. The zero-order chi connectivity index (χ0) is 19.6. The highest BCUT2D eigenvalue weighted by Gasteiger charge is 2.64. The van der Waals surface area contributed by atoms with Crippen LogP contribution in [0.25, 0.3) is 0 Å². The Kier molecular flexibility index (Phi) is 4.55. The molecule has 0 unspecified atom stereocenters. The molecule has 150 valence electrons. The summed E-state index contributed by atoms with van der Waals surface area (Å²) in [4.78, 5) is 36.5. The van der Waals surface area contributed by atoms with Gasteiger partial charge in [-0.2, -0.15) is 0 Å². The number of Topliss-reactive ketones (excluding diaryl/α,β-unsaturated/α-hetero) is 2. The van der Waals surface area contributed by atoms with Crippen LogP contribution in [0.15, 0.2) is 0 Å². The van der Waals surface area contributed by atoms with Crippen molar-refractivity contribution in [2.75, 3.05) is 0 Å². The molecule has 0 aliphatic heterocycles. The first kappa shape index (κ1) is 19.1. The van der Waals surface area contributed by atoms with Gasteiger partial charge in [0, 0.05) is 31.6 Å². The van der Waals surface area contributed by atoms with E-state index in [-0.39, 0.29) is 28.8 Å². The summed E-state index contributed by atoms with van der Waals surface area (Å²) in [6.07, 6.45) is 7.29. The Balaban J connectivity index is 1.73. The SMILES string of the molecule is CC(=O)O[C@H]1C[C@@]2(C)[C@H](CC[C@H]2C(C)=O)[C@@H]2CC[C@H]3CC(=O)CC[C@]3(C)[C@@H]21. The lowest BCUT2D eigenvalue weighted by Gasteiger charge is -2.62. The maximum absolute atomic E-state index is 12.4. The molecule has 0 amide bonds. The largest absolute Gasteiger partial charge is 0.462 e. The molecule has 8 atom stereocenters. The van der Waals surface area contributed by atoms with Gasteiger partial charge in [-0.1, -0.05) is 13.8 Å². The third-order valence-electron chi connectivity index (χ3n) is 9.20. The second kappa shape index (κ2) is 6.42. The fourth-order valence-corrected chi connectivity index (χ4v) is 8.12. The molecule has 4 aliphatic carbocycles. The average Bonchev–Trinajstić information content (AvgIpc) is 2.91. The highest BCUT2D eigenvalue weighted by Crippen LogP contribution is 2.67. The Morgan fingerprint density at radius 1 is 1.04 bits per heavy atom. The van der Waals surface area contributed by atoms with Crippen molar-refractivity contribution in [3.8, 4) is 0 Å². The van der Waals surface area contributed by atoms with E-state index in [4.69, 9.17) is 4.74 Å². The molecule has 0 heterocycles. The Labute approximate surface area is 162 Å². The number of ketones is 2. The lowest BCUT2D eigenvalue weighted by atomic mass is 9.44. The predicted molar refractivity (Wildman–Crippen MR) is 102 cm³/mol. The van der Waals surface area contributed by atoms with Crippen molar-refractivity contribution in [2.24, 2.45) is 40.4 Å². The molecule has 4 rings (SSSR count). The van der Waals surface area contributed by atoms with Gasteiger partial charge in [-0.05, 0) is 74.0 Å². The van der Waals surface area contributed by atoms with Crippen LogP contribution in [0.1, 0.15) is 79.1 Å². The van der Waals surface area contributed by atoms with Crippen molar-refractivity contribution in [1.29, 1.82) is 0 Å². The molecule has 0 bridgehead atoms. The molecule has 4 nitrogen and oxygen atoms in total. The van der Waals surface area contributed by atoms with Crippen molar-refractivity contribution in [1.82, 2.24) is 0 Å². The van der Waals surface area contributed by atoms with Crippen LogP contribution in [-0.2, 0) is 19.1 Å². The molecule has 0 aromatic rings. The molecule has 0 radical (unpaired) electrons. The minimum atomic E-state index is -0.212. The average molecular weight is 375 g/mol. The molecular weight excluding hydrogens is 340 g/mol. The number of hydrogen-bond acceptors (Lipinski definition) is 4. The third-order valence-corrected chi connectivity index (χ3v) is 9.20. The number of esters is 1. The molecule has 4 fully saturated rings. The lowest BCUT2D eigenvalue weighted by Crippen LogP contribution is -2.60. The maximum Gasteiger partial charge on any atom is 0.302 e. The van der Waals surface area contributed by atoms with Crippen LogP contribution in [0, 0.1) is 40.4 Å². The number of ether oxygens (including phenoxy) is 1. The molecule has 4 heteroatoms. The van der Waals surface area contributed by atoms with Crippen molar-refractivity contribution in [3.63, 3.8) is 0 Å². The van der Waals surface area contributed by atoms with Crippen LogP contribution in [0.3, 0.4) is 0 Å². The van der Waals surface area contributed by atoms with Gasteiger partial charge in [0.25, 0.3) is 0 Å². The summed E-state index contributed by atoms with van der Waals surface area (Å²) < 4.78 is 5.97. The molecule has 0 spiro atoms. The van der Waals surface area contributed by atoms with Crippen LogP contribution in [0.4, 0.5) is 0 Å². The Morgan fingerprint density at radius 3 is 2.44 bits per heavy atom. The molecular formula is C23H34O4. The Bertz CT molecular complexity index is 669. The van der Waals surface area contributed by atoms with E-state index in [0.717, 1.165) is 38.5 Å². The highest BCUT2D eigenvalue weighted by atomic mass is 16.5. The fourth-order valence-electron chi connectivity index (χ4n) is 8.12. The molecule has 0 N–H and O–H groups in total. The molecule has 4 aliphatic rings. The van der Waals surface area contributed by atoms with Gasteiger partial charge in [0.15, 0.2) is 0 Å². The minimum Gasteiger partial charge on any atom is -0.462 e. The van der Waals surface area contributed by atoms with Crippen LogP contribution in [0.2, 0.25) is 0 Å². The minimum absolute atomic E-state index is 0.0548. The van der Waals surface area contributed by atoms with Gasteiger partial charge >= 0.3 is 5.97 Å². The number of carbonyl (C=O) groups excluding carboxylic acids is 3. The molecule has 4 saturated carbocycles. The van der Waals surface area contributed by atoms with Crippen LogP contribution in [0.5, 0.6) is 0 Å². The van der Waals surface area contributed by atoms with Gasteiger partial charge in [0.1, 0.15) is 17.7 Å². The van der Waals surface area contributed by atoms with Crippen molar-refractivity contribution in [2.45, 2.75) is 85.2 Å². The van der Waals surface area contributed by atoms with Gasteiger partial charge in [0.05, 0.1) is 0 Å². The lowest BCUT2D eigenvalue weighted by molar-refractivity contribution is -0.193. The van der Waals surface area contributed by atoms with E-state index in [9.17, 15) is 14.4 Å². The normalized spacial score (nSPS) is 49.0. The zero-order valence-corrected chi connectivity index (χ0v) is 17.3. The van der Waals surface area contributed by atoms with E-state index in [1.165, 1.54) is 6.92 Å². The van der Waals surface area contributed by atoms with E-state index in [1.807, 2.05) is 0 Å². The second-order valence-electron chi connectivity index (χ2n) is 10.4. The number of carbonyl (C=O) groups is 3. The standard InChI is InChI=1S/C23H34O4/c1-13(24)18-7-8-19-17-6-5-15-11-16(26)9-10-22(15,3)21(17)20(27-14(2)25)12-23(18,19)4/h15,17-21H,5-12H2,1-4H3/t15-,17-,18-,19+,20-,21-,22-,23+/m0/s1. The van der Waals surface area contributed by atoms with E-state index in [2.05, 4.69) is 13.8 Å².